The molecule has 21 heavy (non-hydrogen) atoms. The Hall–Kier alpha value is -2.30. The van der Waals surface area contributed by atoms with Crippen molar-refractivity contribution in [3.8, 4) is 0 Å². The van der Waals surface area contributed by atoms with Crippen molar-refractivity contribution >= 4 is 17.7 Å². The second-order valence-electron chi connectivity index (χ2n) is 5.22. The molecule has 112 valence electrons. The molecule has 0 spiro atoms. The fourth-order valence-corrected chi connectivity index (χ4v) is 2.37. The van der Waals surface area contributed by atoms with Gasteiger partial charge in [0.05, 0.1) is 12.0 Å². The number of nitrogens with one attached hydrogen (secondary N) is 2. The van der Waals surface area contributed by atoms with Crippen molar-refractivity contribution in [1.82, 2.24) is 5.32 Å². The first kappa shape index (κ1) is 15.1. The van der Waals surface area contributed by atoms with Gasteiger partial charge in [-0.05, 0) is 30.5 Å². The SMILES string of the molecule is CCCc1ccc(NC(=O)NC2C=CC(C(=O)O)C2)cc1. The molecule has 0 bridgehead atoms. The van der Waals surface area contributed by atoms with Crippen LogP contribution in [0.3, 0.4) is 0 Å². The average molecular weight is 288 g/mol. The van der Waals surface area contributed by atoms with E-state index in [2.05, 4.69) is 17.6 Å². The van der Waals surface area contributed by atoms with Crippen molar-refractivity contribution in [3.05, 3.63) is 42.0 Å². The van der Waals surface area contributed by atoms with Gasteiger partial charge in [0, 0.05) is 5.69 Å². The smallest absolute Gasteiger partial charge is 0.319 e. The highest BCUT2D eigenvalue weighted by atomic mass is 16.4. The third-order valence-electron chi connectivity index (χ3n) is 3.47. The van der Waals surface area contributed by atoms with Gasteiger partial charge in [-0.2, -0.15) is 0 Å². The zero-order valence-corrected chi connectivity index (χ0v) is 12.0. The fourth-order valence-electron chi connectivity index (χ4n) is 2.37. The lowest BCUT2D eigenvalue weighted by Crippen LogP contribution is -2.36. The second-order valence-corrected chi connectivity index (χ2v) is 5.22. The summed E-state index contributed by atoms with van der Waals surface area (Å²) in [7, 11) is 0. The van der Waals surface area contributed by atoms with E-state index in [0.717, 1.165) is 18.5 Å². The minimum atomic E-state index is -0.859. The van der Waals surface area contributed by atoms with E-state index in [1.807, 2.05) is 24.3 Å². The van der Waals surface area contributed by atoms with Crippen LogP contribution in [0.15, 0.2) is 36.4 Å². The molecular weight excluding hydrogens is 268 g/mol. The molecule has 1 aromatic rings. The summed E-state index contributed by atoms with van der Waals surface area (Å²) in [5, 5.41) is 14.4. The van der Waals surface area contributed by atoms with Crippen molar-refractivity contribution in [2.24, 2.45) is 5.92 Å². The van der Waals surface area contributed by atoms with E-state index in [9.17, 15) is 9.59 Å². The Morgan fingerprint density at radius 3 is 2.52 bits per heavy atom. The topological polar surface area (TPSA) is 78.4 Å². The summed E-state index contributed by atoms with van der Waals surface area (Å²) in [5.41, 5.74) is 1.97. The van der Waals surface area contributed by atoms with Crippen molar-refractivity contribution in [2.75, 3.05) is 5.32 Å². The highest BCUT2D eigenvalue weighted by Gasteiger charge is 2.25. The van der Waals surface area contributed by atoms with Gasteiger partial charge < -0.3 is 15.7 Å². The number of benzene rings is 1. The molecule has 0 saturated carbocycles. The summed E-state index contributed by atoms with van der Waals surface area (Å²) in [6, 6.07) is 7.18. The van der Waals surface area contributed by atoms with Gasteiger partial charge in [-0.1, -0.05) is 37.6 Å². The molecule has 3 N–H and O–H groups in total. The molecule has 0 aliphatic heterocycles. The Labute approximate surface area is 124 Å². The number of carboxylic acid groups (broad SMARTS) is 1. The van der Waals surface area contributed by atoms with Crippen molar-refractivity contribution in [2.45, 2.75) is 32.2 Å². The molecule has 0 heterocycles. The number of carboxylic acids is 1. The second kappa shape index (κ2) is 6.92. The number of hydrogen-bond donors (Lipinski definition) is 3. The first-order valence-corrected chi connectivity index (χ1v) is 7.16. The third-order valence-corrected chi connectivity index (χ3v) is 3.47. The number of carbonyl (C=O) groups is 2. The summed E-state index contributed by atoms with van der Waals surface area (Å²) < 4.78 is 0. The van der Waals surface area contributed by atoms with E-state index in [0.29, 0.717) is 6.42 Å². The summed E-state index contributed by atoms with van der Waals surface area (Å²) in [6.45, 7) is 2.12. The monoisotopic (exact) mass is 288 g/mol. The van der Waals surface area contributed by atoms with E-state index in [-0.39, 0.29) is 12.1 Å². The number of aliphatic carboxylic acids is 1. The Morgan fingerprint density at radius 1 is 1.24 bits per heavy atom. The van der Waals surface area contributed by atoms with Gasteiger partial charge in [-0.25, -0.2) is 4.79 Å². The maximum absolute atomic E-state index is 11.9. The fraction of sp³-hybridized carbons (Fsp3) is 0.375. The van der Waals surface area contributed by atoms with Gasteiger partial charge in [0.2, 0.25) is 0 Å². The molecule has 2 amide bonds. The molecule has 1 aromatic carbocycles. The molecule has 2 unspecified atom stereocenters. The van der Waals surface area contributed by atoms with Crippen LogP contribution in [0.25, 0.3) is 0 Å². The minimum Gasteiger partial charge on any atom is -0.481 e. The molecule has 0 aromatic heterocycles. The van der Waals surface area contributed by atoms with Crippen molar-refractivity contribution in [1.29, 1.82) is 0 Å². The number of hydrogen-bond acceptors (Lipinski definition) is 2. The van der Waals surface area contributed by atoms with Crippen LogP contribution in [0.4, 0.5) is 10.5 Å². The molecule has 0 fully saturated rings. The quantitative estimate of drug-likeness (QED) is 0.729. The van der Waals surface area contributed by atoms with Crippen molar-refractivity contribution in [3.63, 3.8) is 0 Å². The molecular formula is C16H20N2O3. The van der Waals surface area contributed by atoms with E-state index >= 15 is 0 Å². The number of rotatable bonds is 5. The predicted molar refractivity (Wildman–Crippen MR) is 81.3 cm³/mol. The Morgan fingerprint density at radius 2 is 1.95 bits per heavy atom. The number of amides is 2. The Balaban J connectivity index is 1.82. The lowest BCUT2D eigenvalue weighted by atomic mass is 10.1. The first-order chi connectivity index (χ1) is 10.1. The maximum atomic E-state index is 11.9. The van der Waals surface area contributed by atoms with Gasteiger partial charge in [-0.3, -0.25) is 4.79 Å². The molecule has 0 radical (unpaired) electrons. The summed E-state index contributed by atoms with van der Waals surface area (Å²) in [6.07, 6.45) is 5.86. The number of carbonyl (C=O) groups excluding carboxylic acids is 1. The van der Waals surface area contributed by atoms with Crippen LogP contribution in [-0.4, -0.2) is 23.1 Å². The number of urea groups is 1. The molecule has 5 heteroatoms. The molecule has 0 saturated heterocycles. The van der Waals surface area contributed by atoms with Crippen LogP contribution >= 0.6 is 0 Å². The predicted octanol–water partition coefficient (Wildman–Crippen LogP) is 2.79. The highest BCUT2D eigenvalue weighted by Crippen LogP contribution is 2.18. The minimum absolute atomic E-state index is 0.231. The first-order valence-electron chi connectivity index (χ1n) is 7.16. The number of aryl methyl sites for hydroxylation is 1. The van der Waals surface area contributed by atoms with Crippen molar-refractivity contribution < 1.29 is 14.7 Å². The van der Waals surface area contributed by atoms with Gasteiger partial charge in [0.25, 0.3) is 0 Å². The summed E-state index contributed by atoms with van der Waals surface area (Å²) in [4.78, 5) is 22.7. The lowest BCUT2D eigenvalue weighted by molar-refractivity contribution is -0.140. The van der Waals surface area contributed by atoms with Crippen LogP contribution in [0.1, 0.15) is 25.3 Å². The average Bonchev–Trinajstić information content (AvgIpc) is 2.90. The van der Waals surface area contributed by atoms with Gasteiger partial charge >= 0.3 is 12.0 Å². The van der Waals surface area contributed by atoms with E-state index < -0.39 is 11.9 Å². The standard InChI is InChI=1S/C16H20N2O3/c1-2-3-11-4-7-13(8-5-11)17-16(21)18-14-9-6-12(10-14)15(19)20/h4-9,12,14H,2-3,10H2,1H3,(H,19,20)(H2,17,18,21). The molecule has 5 nitrogen and oxygen atoms in total. The highest BCUT2D eigenvalue weighted by molar-refractivity contribution is 5.89. The molecule has 1 aliphatic rings. The third kappa shape index (κ3) is 4.34. The van der Waals surface area contributed by atoms with Gasteiger partial charge in [0.15, 0.2) is 0 Å². The zero-order chi connectivity index (χ0) is 15.2. The summed E-state index contributed by atoms with van der Waals surface area (Å²) in [5.74, 6) is -1.37. The maximum Gasteiger partial charge on any atom is 0.319 e. The van der Waals surface area contributed by atoms with E-state index in [1.54, 1.807) is 12.2 Å². The summed E-state index contributed by atoms with van der Waals surface area (Å²) >= 11 is 0. The van der Waals surface area contributed by atoms with Crippen LogP contribution < -0.4 is 10.6 Å². The Bertz CT molecular complexity index is 537. The lowest BCUT2D eigenvalue weighted by Gasteiger charge is -2.13. The van der Waals surface area contributed by atoms with E-state index in [1.165, 1.54) is 5.56 Å². The van der Waals surface area contributed by atoms with Crippen LogP contribution in [0.2, 0.25) is 0 Å². The molecule has 2 atom stereocenters. The van der Waals surface area contributed by atoms with Crippen LogP contribution in [-0.2, 0) is 11.2 Å². The number of anilines is 1. The van der Waals surface area contributed by atoms with Gasteiger partial charge in [0.1, 0.15) is 0 Å². The van der Waals surface area contributed by atoms with Crippen LogP contribution in [0, 0.1) is 5.92 Å². The Kier molecular flexibility index (Phi) is 4.98. The van der Waals surface area contributed by atoms with Crippen LogP contribution in [0.5, 0.6) is 0 Å². The largest absolute Gasteiger partial charge is 0.481 e. The van der Waals surface area contributed by atoms with E-state index in [4.69, 9.17) is 5.11 Å². The van der Waals surface area contributed by atoms with Gasteiger partial charge in [-0.15, -0.1) is 0 Å². The zero-order valence-electron chi connectivity index (χ0n) is 12.0. The normalized spacial score (nSPS) is 20.2. The molecule has 1 aliphatic carbocycles. The molecule has 2 rings (SSSR count).